The molecule has 104 valence electrons. The second-order valence-corrected chi connectivity index (χ2v) is 5.11. The highest BCUT2D eigenvalue weighted by atomic mass is 32.1. The van der Waals surface area contributed by atoms with Gasteiger partial charge in [0.05, 0.1) is 10.2 Å². The molecule has 1 amide bonds. The Morgan fingerprint density at radius 1 is 1.14 bits per heavy atom. The molecular weight excluding hydrogens is 292 g/mol. The number of nitrogens with one attached hydrogen (secondary N) is 1. The maximum Gasteiger partial charge on any atom is 0.365 e. The number of hydrogen-bond acceptors (Lipinski definition) is 6. The maximum atomic E-state index is 12.1. The molecule has 7 nitrogen and oxygen atoms in total. The van der Waals surface area contributed by atoms with Crippen molar-refractivity contribution in [1.82, 2.24) is 9.97 Å². The third-order valence-corrected chi connectivity index (χ3v) is 3.69. The van der Waals surface area contributed by atoms with Gasteiger partial charge in [-0.1, -0.05) is 12.1 Å². The largest absolute Gasteiger partial charge is 0.365 e. The Morgan fingerprint density at radius 3 is 2.71 bits per heavy atom. The van der Waals surface area contributed by atoms with Gasteiger partial charge in [-0.05, 0) is 28.1 Å². The van der Waals surface area contributed by atoms with Crippen LogP contribution in [0.25, 0.3) is 10.2 Å². The summed E-state index contributed by atoms with van der Waals surface area (Å²) in [7, 11) is 0. The lowest BCUT2D eigenvalue weighted by atomic mass is 10.3. The highest BCUT2D eigenvalue weighted by Crippen LogP contribution is 2.22. The van der Waals surface area contributed by atoms with E-state index in [1.54, 1.807) is 0 Å². The first kappa shape index (κ1) is 13.1. The number of anilines is 1. The quantitative estimate of drug-likeness (QED) is 0.592. The van der Waals surface area contributed by atoms with E-state index in [4.69, 9.17) is 0 Å². The Morgan fingerprint density at radius 2 is 1.95 bits per heavy atom. The highest BCUT2D eigenvalue weighted by Gasteiger charge is 2.16. The van der Waals surface area contributed by atoms with E-state index in [1.165, 1.54) is 29.5 Å². The average Bonchev–Trinajstić information content (AvgIpc) is 2.91. The predicted octanol–water partition coefficient (Wildman–Crippen LogP) is 2.85. The number of aromatic nitrogens is 2. The minimum Gasteiger partial charge on any atom is -0.358 e. The molecule has 0 radical (unpaired) electrons. The molecule has 0 atom stereocenters. The summed E-state index contributed by atoms with van der Waals surface area (Å²) in [4.78, 5) is 30.1. The molecule has 3 aromatic rings. The molecule has 1 N–H and O–H groups in total. The Hall–Kier alpha value is -2.87. The number of fused-ring (bicyclic) bond motifs is 1. The molecule has 0 spiro atoms. The van der Waals surface area contributed by atoms with Gasteiger partial charge >= 0.3 is 5.82 Å². The lowest BCUT2D eigenvalue weighted by Crippen LogP contribution is -2.12. The fraction of sp³-hybridized carbons (Fsp3) is 0. The summed E-state index contributed by atoms with van der Waals surface area (Å²) in [6.45, 7) is 0. The van der Waals surface area contributed by atoms with Crippen LogP contribution in [0.4, 0.5) is 11.6 Å². The molecule has 1 aromatic carbocycles. The fourth-order valence-electron chi connectivity index (χ4n) is 1.73. The van der Waals surface area contributed by atoms with Gasteiger partial charge in [-0.3, -0.25) is 10.1 Å². The number of thiazole rings is 1. The monoisotopic (exact) mass is 300 g/mol. The number of nitrogens with zero attached hydrogens (tertiary/aromatic N) is 3. The summed E-state index contributed by atoms with van der Waals surface area (Å²) in [5, 5.41) is 13.4. The molecule has 3 rings (SSSR count). The normalized spacial score (nSPS) is 10.5. The van der Waals surface area contributed by atoms with Crippen LogP contribution < -0.4 is 5.32 Å². The van der Waals surface area contributed by atoms with E-state index in [0.29, 0.717) is 0 Å². The zero-order valence-electron chi connectivity index (χ0n) is 10.5. The molecule has 0 bridgehead atoms. The van der Waals surface area contributed by atoms with Crippen LogP contribution >= 0.6 is 11.3 Å². The van der Waals surface area contributed by atoms with Crippen molar-refractivity contribution in [1.29, 1.82) is 0 Å². The minimum absolute atomic E-state index is 0.119. The zero-order valence-corrected chi connectivity index (χ0v) is 11.3. The Bertz CT molecular complexity index is 813. The number of carbonyl (C=O) groups excluding carboxylic acids is 1. The number of amides is 1. The summed E-state index contributed by atoms with van der Waals surface area (Å²) < 4.78 is 0.898. The van der Waals surface area contributed by atoms with Crippen molar-refractivity contribution in [3.63, 3.8) is 0 Å². The van der Waals surface area contributed by atoms with Crippen LogP contribution in [0.15, 0.2) is 42.5 Å². The molecule has 0 aliphatic carbocycles. The third kappa shape index (κ3) is 2.70. The third-order valence-electron chi connectivity index (χ3n) is 2.65. The standard InChI is InChI=1S/C13H8N4O3S/c18-12(13-14-8-4-1-2-5-9(8)21-13)16-10-6-3-7-11(15-10)17(19)20/h1-7H,(H,15,16,18). The second kappa shape index (κ2) is 5.25. The van der Waals surface area contributed by atoms with E-state index in [0.717, 1.165) is 10.2 Å². The second-order valence-electron chi connectivity index (χ2n) is 4.08. The molecule has 2 aromatic heterocycles. The number of para-hydroxylation sites is 1. The van der Waals surface area contributed by atoms with Gasteiger partial charge in [0.2, 0.25) is 5.82 Å². The number of carbonyl (C=O) groups is 1. The van der Waals surface area contributed by atoms with Gasteiger partial charge < -0.3 is 10.1 Å². The highest BCUT2D eigenvalue weighted by molar-refractivity contribution is 7.20. The van der Waals surface area contributed by atoms with Crippen LogP contribution in [0.2, 0.25) is 0 Å². The Balaban J connectivity index is 1.85. The van der Waals surface area contributed by atoms with Crippen LogP contribution in [-0.2, 0) is 0 Å². The van der Waals surface area contributed by atoms with Gasteiger partial charge in [-0.2, -0.15) is 0 Å². The molecule has 0 aliphatic heterocycles. The van der Waals surface area contributed by atoms with Gasteiger partial charge in [-0.25, -0.2) is 4.98 Å². The average molecular weight is 300 g/mol. The molecule has 0 saturated heterocycles. The van der Waals surface area contributed by atoms with Crippen molar-refractivity contribution in [3.8, 4) is 0 Å². The van der Waals surface area contributed by atoms with Crippen LogP contribution in [0.3, 0.4) is 0 Å². The number of pyridine rings is 1. The van der Waals surface area contributed by atoms with Gasteiger partial charge in [0, 0.05) is 12.1 Å². The maximum absolute atomic E-state index is 12.1. The van der Waals surface area contributed by atoms with Gasteiger partial charge in [0.15, 0.2) is 5.01 Å². The molecule has 21 heavy (non-hydrogen) atoms. The lowest BCUT2D eigenvalue weighted by molar-refractivity contribution is -0.389. The van der Waals surface area contributed by atoms with E-state index in [9.17, 15) is 14.9 Å². The minimum atomic E-state index is -0.618. The molecule has 0 fully saturated rings. The number of hydrogen-bond donors (Lipinski definition) is 1. The van der Waals surface area contributed by atoms with Crippen LogP contribution in [0.5, 0.6) is 0 Å². The van der Waals surface area contributed by atoms with Crippen molar-refractivity contribution < 1.29 is 9.72 Å². The van der Waals surface area contributed by atoms with Crippen molar-refractivity contribution in [2.24, 2.45) is 0 Å². The zero-order chi connectivity index (χ0) is 14.8. The lowest BCUT2D eigenvalue weighted by Gasteiger charge is -1.98. The van der Waals surface area contributed by atoms with Crippen LogP contribution in [-0.4, -0.2) is 20.8 Å². The molecule has 2 heterocycles. The molecule has 0 unspecified atom stereocenters. The summed E-state index contributed by atoms with van der Waals surface area (Å²) in [6.07, 6.45) is 0. The first-order valence-electron chi connectivity index (χ1n) is 5.92. The predicted molar refractivity (Wildman–Crippen MR) is 78.5 cm³/mol. The molecular formula is C13H8N4O3S. The first-order valence-corrected chi connectivity index (χ1v) is 6.73. The molecule has 8 heteroatoms. The topological polar surface area (TPSA) is 98.0 Å². The number of nitro groups is 1. The summed E-state index contributed by atoms with van der Waals surface area (Å²) in [6, 6.07) is 11.6. The van der Waals surface area contributed by atoms with E-state index >= 15 is 0 Å². The van der Waals surface area contributed by atoms with Crippen molar-refractivity contribution in [3.05, 3.63) is 57.6 Å². The number of benzene rings is 1. The Kier molecular flexibility index (Phi) is 3.28. The fourth-order valence-corrected chi connectivity index (χ4v) is 2.59. The molecule has 0 saturated carbocycles. The van der Waals surface area contributed by atoms with Gasteiger partial charge in [0.1, 0.15) is 0 Å². The molecule has 0 aliphatic rings. The van der Waals surface area contributed by atoms with E-state index in [-0.39, 0.29) is 16.6 Å². The van der Waals surface area contributed by atoms with E-state index in [2.05, 4.69) is 15.3 Å². The number of rotatable bonds is 3. The van der Waals surface area contributed by atoms with Crippen LogP contribution in [0, 0.1) is 10.1 Å². The van der Waals surface area contributed by atoms with E-state index in [1.807, 2.05) is 24.3 Å². The smallest absolute Gasteiger partial charge is 0.358 e. The Labute approximate surface area is 122 Å². The first-order chi connectivity index (χ1) is 10.1. The summed E-state index contributed by atoms with van der Waals surface area (Å²) in [5.74, 6) is -0.644. The van der Waals surface area contributed by atoms with Crippen LogP contribution in [0.1, 0.15) is 9.80 Å². The van der Waals surface area contributed by atoms with Crippen molar-refractivity contribution >= 4 is 39.1 Å². The van der Waals surface area contributed by atoms with Gasteiger partial charge in [0.25, 0.3) is 5.91 Å². The summed E-state index contributed by atoms with van der Waals surface area (Å²) in [5.41, 5.74) is 0.736. The van der Waals surface area contributed by atoms with Crippen molar-refractivity contribution in [2.45, 2.75) is 0 Å². The SMILES string of the molecule is O=C(Nc1cccc([N+](=O)[O-])n1)c1nc2ccccc2s1. The van der Waals surface area contributed by atoms with Gasteiger partial charge in [-0.15, -0.1) is 11.3 Å². The van der Waals surface area contributed by atoms with Crippen molar-refractivity contribution in [2.75, 3.05) is 5.32 Å². The van der Waals surface area contributed by atoms with E-state index < -0.39 is 10.8 Å². The summed E-state index contributed by atoms with van der Waals surface area (Å²) >= 11 is 1.25.